The molecule has 6 nitrogen and oxygen atoms in total. The molecular formula is C27H28N2O4. The molecule has 170 valence electrons. The van der Waals surface area contributed by atoms with Gasteiger partial charge in [0.05, 0.1) is 30.8 Å². The second kappa shape index (κ2) is 9.77. The van der Waals surface area contributed by atoms with Crippen molar-refractivity contribution >= 4 is 17.0 Å². The van der Waals surface area contributed by atoms with Gasteiger partial charge in [-0.05, 0) is 29.2 Å². The first-order valence-corrected chi connectivity index (χ1v) is 11.1. The van der Waals surface area contributed by atoms with Crippen molar-refractivity contribution in [3.05, 3.63) is 77.6 Å². The highest BCUT2D eigenvalue weighted by Gasteiger charge is 2.16. The lowest BCUT2D eigenvalue weighted by Gasteiger charge is -2.12. The molecule has 0 saturated heterocycles. The maximum atomic E-state index is 11.6. The highest BCUT2D eigenvalue weighted by atomic mass is 16.5. The normalized spacial score (nSPS) is 11.0. The summed E-state index contributed by atoms with van der Waals surface area (Å²) in [4.78, 5) is 16.5. The van der Waals surface area contributed by atoms with E-state index in [0.717, 1.165) is 47.2 Å². The molecule has 0 bridgehead atoms. The highest BCUT2D eigenvalue weighted by Crippen LogP contribution is 2.33. The number of imidazole rings is 1. The van der Waals surface area contributed by atoms with E-state index in [0.29, 0.717) is 29.2 Å². The van der Waals surface area contributed by atoms with Crippen LogP contribution in [0, 0.1) is 0 Å². The number of hydrogen-bond acceptors (Lipinski definition) is 4. The summed E-state index contributed by atoms with van der Waals surface area (Å²) in [6, 6.07) is 19.0. The summed E-state index contributed by atoms with van der Waals surface area (Å²) in [5.74, 6) is 1.44. The lowest BCUT2D eigenvalue weighted by molar-refractivity contribution is 0.0697. The fourth-order valence-electron chi connectivity index (χ4n) is 4.10. The van der Waals surface area contributed by atoms with E-state index in [-0.39, 0.29) is 0 Å². The molecule has 1 N–H and O–H groups in total. The second-order valence-electron chi connectivity index (χ2n) is 7.96. The number of unbranched alkanes of at least 4 members (excludes halogenated alkanes) is 1. The van der Waals surface area contributed by atoms with Crippen LogP contribution in [-0.2, 0) is 13.0 Å². The molecule has 6 heteroatoms. The van der Waals surface area contributed by atoms with Crippen molar-refractivity contribution in [1.82, 2.24) is 9.55 Å². The lowest BCUT2D eigenvalue weighted by atomic mass is 9.99. The number of fused-ring (bicyclic) bond motifs is 1. The fraction of sp³-hybridized carbons (Fsp3) is 0.259. The Morgan fingerprint density at radius 2 is 1.70 bits per heavy atom. The number of carboxylic acid groups (broad SMARTS) is 1. The molecule has 4 aromatic rings. The molecule has 0 aliphatic carbocycles. The van der Waals surface area contributed by atoms with E-state index >= 15 is 0 Å². The molecular weight excluding hydrogens is 416 g/mol. The smallest absolute Gasteiger partial charge is 0.336 e. The number of carbonyl (C=O) groups is 1. The number of ether oxygens (including phenoxy) is 2. The van der Waals surface area contributed by atoms with Crippen molar-refractivity contribution in [2.24, 2.45) is 0 Å². The van der Waals surface area contributed by atoms with Crippen molar-refractivity contribution in [3.63, 3.8) is 0 Å². The number of aromatic nitrogens is 2. The maximum Gasteiger partial charge on any atom is 0.336 e. The molecule has 1 aromatic heterocycles. The molecule has 0 atom stereocenters. The molecule has 0 spiro atoms. The van der Waals surface area contributed by atoms with Gasteiger partial charge in [-0.1, -0.05) is 55.8 Å². The van der Waals surface area contributed by atoms with Crippen LogP contribution in [-0.4, -0.2) is 34.8 Å². The van der Waals surface area contributed by atoms with Crippen LogP contribution >= 0.6 is 0 Å². The van der Waals surface area contributed by atoms with Crippen molar-refractivity contribution < 1.29 is 19.4 Å². The zero-order valence-electron chi connectivity index (χ0n) is 19.2. The average Bonchev–Trinajstić information content (AvgIpc) is 3.18. The fourth-order valence-corrected chi connectivity index (χ4v) is 4.10. The summed E-state index contributed by atoms with van der Waals surface area (Å²) in [7, 11) is 3.26. The highest BCUT2D eigenvalue weighted by molar-refractivity contribution is 5.96. The van der Waals surface area contributed by atoms with E-state index in [1.165, 1.54) is 0 Å². The Morgan fingerprint density at radius 3 is 2.36 bits per heavy atom. The number of carboxylic acids is 1. The number of rotatable bonds is 9. The van der Waals surface area contributed by atoms with E-state index in [1.54, 1.807) is 26.4 Å². The molecule has 0 unspecified atom stereocenters. The standard InChI is InChI=1S/C27H28N2O4/c1-4-5-10-26-28-22-15-24(32-2)25(33-3)16-23(22)29(26)17-18-11-13-19(14-12-18)20-8-6-7-9-21(20)27(30)31/h6-9,11-16H,4-5,10,17H2,1-3H3,(H,30,31). The van der Waals surface area contributed by atoms with E-state index in [1.807, 2.05) is 48.5 Å². The van der Waals surface area contributed by atoms with Gasteiger partial charge in [0.1, 0.15) is 5.82 Å². The lowest BCUT2D eigenvalue weighted by Crippen LogP contribution is -2.06. The first kappa shape index (κ1) is 22.4. The third kappa shape index (κ3) is 4.55. The van der Waals surface area contributed by atoms with Gasteiger partial charge < -0.3 is 19.1 Å². The van der Waals surface area contributed by atoms with Gasteiger partial charge in [0.25, 0.3) is 0 Å². The van der Waals surface area contributed by atoms with Gasteiger partial charge in [-0.25, -0.2) is 9.78 Å². The third-order valence-electron chi connectivity index (χ3n) is 5.85. The summed E-state index contributed by atoms with van der Waals surface area (Å²) >= 11 is 0. The topological polar surface area (TPSA) is 73.6 Å². The number of methoxy groups -OCH3 is 2. The van der Waals surface area contributed by atoms with E-state index in [9.17, 15) is 9.90 Å². The van der Waals surface area contributed by atoms with Crippen molar-refractivity contribution in [1.29, 1.82) is 0 Å². The molecule has 3 aromatic carbocycles. The van der Waals surface area contributed by atoms with Crippen LogP contribution in [0.5, 0.6) is 11.5 Å². The molecule has 4 rings (SSSR count). The molecule has 0 radical (unpaired) electrons. The maximum absolute atomic E-state index is 11.6. The predicted molar refractivity (Wildman–Crippen MR) is 129 cm³/mol. The first-order chi connectivity index (χ1) is 16.0. The summed E-state index contributed by atoms with van der Waals surface area (Å²) in [6.07, 6.45) is 3.04. The molecule has 1 heterocycles. The van der Waals surface area contributed by atoms with Crippen molar-refractivity contribution in [2.75, 3.05) is 14.2 Å². The van der Waals surface area contributed by atoms with Crippen LogP contribution in [0.3, 0.4) is 0 Å². The Bertz CT molecular complexity index is 1280. The van der Waals surface area contributed by atoms with Crippen molar-refractivity contribution in [2.45, 2.75) is 32.7 Å². The van der Waals surface area contributed by atoms with E-state index in [2.05, 4.69) is 11.5 Å². The monoisotopic (exact) mass is 444 g/mol. The number of aryl methyl sites for hydroxylation is 1. The predicted octanol–water partition coefficient (Wildman–Crippen LogP) is 5.81. The first-order valence-electron chi connectivity index (χ1n) is 11.1. The number of nitrogens with zero attached hydrogens (tertiary/aromatic N) is 2. The SMILES string of the molecule is CCCCc1nc2cc(OC)c(OC)cc2n1Cc1ccc(-c2ccccc2C(=O)O)cc1. The second-order valence-corrected chi connectivity index (χ2v) is 7.96. The van der Waals surface area contributed by atoms with Gasteiger partial charge in [0.15, 0.2) is 11.5 Å². The van der Waals surface area contributed by atoms with E-state index in [4.69, 9.17) is 14.5 Å². The van der Waals surface area contributed by atoms with Crippen LogP contribution in [0.2, 0.25) is 0 Å². The summed E-state index contributed by atoms with van der Waals surface area (Å²) < 4.78 is 13.2. The zero-order valence-corrected chi connectivity index (χ0v) is 19.2. The van der Waals surface area contributed by atoms with Gasteiger partial charge in [-0.3, -0.25) is 0 Å². The van der Waals surface area contributed by atoms with Gasteiger partial charge in [-0.15, -0.1) is 0 Å². The third-order valence-corrected chi connectivity index (χ3v) is 5.85. The van der Waals surface area contributed by atoms with Gasteiger partial charge in [0.2, 0.25) is 0 Å². The van der Waals surface area contributed by atoms with Gasteiger partial charge in [0, 0.05) is 25.1 Å². The van der Waals surface area contributed by atoms with Gasteiger partial charge in [-0.2, -0.15) is 0 Å². The van der Waals surface area contributed by atoms with Crippen LogP contribution in [0.4, 0.5) is 0 Å². The quantitative estimate of drug-likeness (QED) is 0.353. The minimum Gasteiger partial charge on any atom is -0.493 e. The minimum atomic E-state index is -0.926. The molecule has 0 saturated carbocycles. The van der Waals surface area contributed by atoms with Crippen LogP contribution in [0.25, 0.3) is 22.2 Å². The summed E-state index contributed by atoms with van der Waals surface area (Å²) in [6.45, 7) is 2.83. The number of hydrogen-bond donors (Lipinski definition) is 1. The van der Waals surface area contributed by atoms with Crippen LogP contribution in [0.15, 0.2) is 60.7 Å². The van der Waals surface area contributed by atoms with Crippen molar-refractivity contribution in [3.8, 4) is 22.6 Å². The molecule has 0 amide bonds. The summed E-state index contributed by atoms with van der Waals surface area (Å²) in [5, 5.41) is 9.51. The Balaban J connectivity index is 1.71. The largest absolute Gasteiger partial charge is 0.493 e. The molecule has 33 heavy (non-hydrogen) atoms. The Labute approximate surface area is 193 Å². The number of benzene rings is 3. The zero-order chi connectivity index (χ0) is 23.4. The molecule has 0 aliphatic rings. The van der Waals surface area contributed by atoms with Crippen LogP contribution in [0.1, 0.15) is 41.5 Å². The average molecular weight is 445 g/mol. The minimum absolute atomic E-state index is 0.300. The number of aromatic carboxylic acids is 1. The molecule has 0 aliphatic heterocycles. The Morgan fingerprint density at radius 1 is 1.00 bits per heavy atom. The van der Waals surface area contributed by atoms with Crippen LogP contribution < -0.4 is 9.47 Å². The molecule has 0 fully saturated rings. The van der Waals surface area contributed by atoms with E-state index < -0.39 is 5.97 Å². The Hall–Kier alpha value is -3.80. The Kier molecular flexibility index (Phi) is 6.63. The van der Waals surface area contributed by atoms with Gasteiger partial charge >= 0.3 is 5.97 Å². The summed E-state index contributed by atoms with van der Waals surface area (Å²) in [5.41, 5.74) is 4.88.